The molecule has 0 fully saturated rings. The summed E-state index contributed by atoms with van der Waals surface area (Å²) in [6.07, 6.45) is 0.849. The van der Waals surface area contributed by atoms with Gasteiger partial charge in [-0.2, -0.15) is 0 Å². The molecule has 2 aromatic carbocycles. The molecule has 0 atom stereocenters. The van der Waals surface area contributed by atoms with Crippen molar-refractivity contribution in [2.75, 3.05) is 20.3 Å². The van der Waals surface area contributed by atoms with Gasteiger partial charge < -0.3 is 14.8 Å². The molecule has 3 amide bonds. The minimum absolute atomic E-state index is 0.0839. The van der Waals surface area contributed by atoms with Gasteiger partial charge in [0.2, 0.25) is 5.91 Å². The number of nitrogens with zero attached hydrogens (tertiary/aromatic N) is 2. The number of benzene rings is 2. The Balaban J connectivity index is 1.65. The third kappa shape index (κ3) is 4.47. The quantitative estimate of drug-likeness (QED) is 0.369. The van der Waals surface area contributed by atoms with Gasteiger partial charge in [0.1, 0.15) is 12.1 Å². The van der Waals surface area contributed by atoms with Gasteiger partial charge in [-0.15, -0.1) is 0 Å². The lowest BCUT2D eigenvalue weighted by molar-refractivity contribution is -0.385. The highest BCUT2D eigenvalue weighted by atomic mass is 16.6. The van der Waals surface area contributed by atoms with Gasteiger partial charge >= 0.3 is 0 Å². The fraction of sp³-hybridized carbons (Fsp3) is 0.286. The summed E-state index contributed by atoms with van der Waals surface area (Å²) in [5.41, 5.74) is -0.111. The van der Waals surface area contributed by atoms with Gasteiger partial charge in [-0.05, 0) is 30.2 Å². The number of amides is 3. The maximum Gasteiger partial charge on any atom is 0.282 e. The third-order valence-electron chi connectivity index (χ3n) is 4.65. The van der Waals surface area contributed by atoms with E-state index < -0.39 is 34.9 Å². The molecule has 10 heteroatoms. The first-order valence-corrected chi connectivity index (χ1v) is 9.57. The number of methoxy groups -OCH3 is 1. The van der Waals surface area contributed by atoms with Crippen LogP contribution in [0.25, 0.3) is 0 Å². The molecule has 1 aliphatic rings. The second-order valence-corrected chi connectivity index (χ2v) is 6.76. The minimum atomic E-state index is -0.860. The molecule has 0 aromatic heterocycles. The van der Waals surface area contributed by atoms with Crippen LogP contribution in [0, 0.1) is 10.1 Å². The number of nitro groups is 1. The summed E-state index contributed by atoms with van der Waals surface area (Å²) in [6.45, 7) is 2.12. The molecular weight excluding hydrogens is 406 g/mol. The van der Waals surface area contributed by atoms with Crippen molar-refractivity contribution in [3.63, 3.8) is 0 Å². The van der Waals surface area contributed by atoms with Crippen LogP contribution >= 0.6 is 0 Å². The predicted octanol–water partition coefficient (Wildman–Crippen LogP) is 2.30. The predicted molar refractivity (Wildman–Crippen MR) is 109 cm³/mol. The summed E-state index contributed by atoms with van der Waals surface area (Å²) in [6, 6.07) is 9.02. The second-order valence-electron chi connectivity index (χ2n) is 6.76. The number of rotatable bonds is 9. The molecular formula is C21H21N3O7. The van der Waals surface area contributed by atoms with Gasteiger partial charge in [-0.3, -0.25) is 29.4 Å². The summed E-state index contributed by atoms with van der Waals surface area (Å²) < 4.78 is 10.9. The Hall–Kier alpha value is -3.95. The standard InChI is InChI=1S/C21H21N3O7/c1-3-9-31-16-8-7-13(10-17(16)30-2)11-22-18(25)12-23-20(26)14-5-4-6-15(24(28)29)19(14)21(23)27/h4-8,10H,3,9,11-12H2,1-2H3,(H,22,25). The topological polar surface area (TPSA) is 128 Å². The SMILES string of the molecule is CCCOc1ccc(CNC(=O)CN2C(=O)c3cccc([N+](=O)[O-])c3C2=O)cc1OC. The number of imide groups is 1. The summed E-state index contributed by atoms with van der Waals surface area (Å²) >= 11 is 0. The lowest BCUT2D eigenvalue weighted by Crippen LogP contribution is -2.40. The number of nitro benzene ring substituents is 1. The normalized spacial score (nSPS) is 12.5. The van der Waals surface area contributed by atoms with Crippen LogP contribution in [0.1, 0.15) is 39.6 Å². The average Bonchev–Trinajstić information content (AvgIpc) is 3.01. The first-order chi connectivity index (χ1) is 14.9. The molecule has 162 valence electrons. The van der Waals surface area contributed by atoms with Crippen LogP contribution in [0.4, 0.5) is 5.69 Å². The van der Waals surface area contributed by atoms with Crippen LogP contribution in [0.2, 0.25) is 0 Å². The Kier molecular flexibility index (Phi) is 6.49. The molecule has 0 spiro atoms. The molecule has 0 bridgehead atoms. The van der Waals surface area contributed by atoms with E-state index in [1.165, 1.54) is 19.2 Å². The number of fused-ring (bicyclic) bond motifs is 1. The van der Waals surface area contributed by atoms with Gasteiger partial charge in [-0.25, -0.2) is 0 Å². The molecule has 1 heterocycles. The molecule has 1 aliphatic heterocycles. The Morgan fingerprint density at radius 2 is 1.94 bits per heavy atom. The van der Waals surface area contributed by atoms with Crippen LogP contribution in [0.5, 0.6) is 11.5 Å². The first-order valence-electron chi connectivity index (χ1n) is 9.57. The molecule has 0 radical (unpaired) electrons. The van der Waals surface area contributed by atoms with Crippen molar-refractivity contribution in [1.29, 1.82) is 0 Å². The Bertz CT molecular complexity index is 1050. The van der Waals surface area contributed by atoms with Gasteiger partial charge in [0, 0.05) is 12.6 Å². The second kappa shape index (κ2) is 9.24. The fourth-order valence-corrected chi connectivity index (χ4v) is 3.16. The molecule has 3 rings (SSSR count). The van der Waals surface area contributed by atoms with E-state index in [2.05, 4.69) is 5.32 Å². The van der Waals surface area contributed by atoms with E-state index in [1.54, 1.807) is 18.2 Å². The van der Waals surface area contributed by atoms with Crippen molar-refractivity contribution in [3.05, 3.63) is 63.2 Å². The molecule has 0 saturated carbocycles. The van der Waals surface area contributed by atoms with Crippen molar-refractivity contribution in [1.82, 2.24) is 10.2 Å². The molecule has 1 N–H and O–H groups in total. The maximum atomic E-state index is 12.5. The number of carbonyl (C=O) groups excluding carboxylic acids is 3. The Labute approximate surface area is 177 Å². The Morgan fingerprint density at radius 3 is 2.61 bits per heavy atom. The molecule has 31 heavy (non-hydrogen) atoms. The van der Waals surface area contributed by atoms with E-state index in [9.17, 15) is 24.5 Å². The zero-order valence-corrected chi connectivity index (χ0v) is 17.0. The highest BCUT2D eigenvalue weighted by Crippen LogP contribution is 2.31. The van der Waals surface area contributed by atoms with E-state index in [0.717, 1.165) is 18.1 Å². The van der Waals surface area contributed by atoms with Crippen LogP contribution in [-0.4, -0.2) is 47.8 Å². The van der Waals surface area contributed by atoms with Gasteiger partial charge in [0.25, 0.3) is 17.5 Å². The summed E-state index contributed by atoms with van der Waals surface area (Å²) in [4.78, 5) is 48.5. The van der Waals surface area contributed by atoms with Crippen LogP contribution in [0.3, 0.4) is 0 Å². The molecule has 0 saturated heterocycles. The number of nitrogens with one attached hydrogen (secondary N) is 1. The monoisotopic (exact) mass is 427 g/mol. The van der Waals surface area contributed by atoms with Crippen molar-refractivity contribution < 1.29 is 28.8 Å². The van der Waals surface area contributed by atoms with Crippen molar-refractivity contribution >= 4 is 23.4 Å². The highest BCUT2D eigenvalue weighted by molar-refractivity contribution is 6.24. The van der Waals surface area contributed by atoms with Gasteiger partial charge in [0.15, 0.2) is 11.5 Å². The van der Waals surface area contributed by atoms with Gasteiger partial charge in [0.05, 0.1) is 24.2 Å². The largest absolute Gasteiger partial charge is 0.493 e. The van der Waals surface area contributed by atoms with Crippen LogP contribution < -0.4 is 14.8 Å². The molecule has 0 aliphatic carbocycles. The van der Waals surface area contributed by atoms with Crippen molar-refractivity contribution in [2.45, 2.75) is 19.9 Å². The smallest absolute Gasteiger partial charge is 0.282 e. The number of hydrogen-bond acceptors (Lipinski definition) is 7. The zero-order valence-electron chi connectivity index (χ0n) is 17.0. The summed E-state index contributed by atoms with van der Waals surface area (Å²) in [5, 5.41) is 13.8. The maximum absolute atomic E-state index is 12.5. The minimum Gasteiger partial charge on any atom is -0.493 e. The van der Waals surface area contributed by atoms with Crippen molar-refractivity contribution in [2.24, 2.45) is 0 Å². The molecule has 2 aromatic rings. The molecule has 0 unspecified atom stereocenters. The molecule has 10 nitrogen and oxygen atoms in total. The van der Waals surface area contributed by atoms with E-state index in [1.807, 2.05) is 6.92 Å². The van der Waals surface area contributed by atoms with E-state index in [4.69, 9.17) is 9.47 Å². The number of ether oxygens (including phenoxy) is 2. The van der Waals surface area contributed by atoms with E-state index in [0.29, 0.717) is 23.0 Å². The third-order valence-corrected chi connectivity index (χ3v) is 4.65. The summed E-state index contributed by atoms with van der Waals surface area (Å²) in [5.74, 6) is -1.07. The Morgan fingerprint density at radius 1 is 1.16 bits per heavy atom. The van der Waals surface area contributed by atoms with Crippen LogP contribution in [0.15, 0.2) is 36.4 Å². The number of carbonyl (C=O) groups is 3. The van der Waals surface area contributed by atoms with E-state index >= 15 is 0 Å². The average molecular weight is 427 g/mol. The zero-order chi connectivity index (χ0) is 22.5. The van der Waals surface area contributed by atoms with Crippen LogP contribution in [-0.2, 0) is 11.3 Å². The van der Waals surface area contributed by atoms with E-state index in [-0.39, 0.29) is 17.7 Å². The fourth-order valence-electron chi connectivity index (χ4n) is 3.16. The lowest BCUT2D eigenvalue weighted by atomic mass is 10.1. The highest BCUT2D eigenvalue weighted by Gasteiger charge is 2.41. The first kappa shape index (κ1) is 21.8. The lowest BCUT2D eigenvalue weighted by Gasteiger charge is -2.14. The number of hydrogen-bond donors (Lipinski definition) is 1. The van der Waals surface area contributed by atoms with Crippen molar-refractivity contribution in [3.8, 4) is 11.5 Å². The van der Waals surface area contributed by atoms with Gasteiger partial charge in [-0.1, -0.05) is 19.1 Å². The summed E-state index contributed by atoms with van der Waals surface area (Å²) in [7, 11) is 1.51.